The summed E-state index contributed by atoms with van der Waals surface area (Å²) in [4.78, 5) is 24.2. The Balaban J connectivity index is 1.78. The summed E-state index contributed by atoms with van der Waals surface area (Å²) in [5.74, 6) is -0.224. The monoisotopic (exact) mass is 355 g/mol. The van der Waals surface area contributed by atoms with Crippen LogP contribution in [0.5, 0.6) is 11.5 Å². The predicted octanol–water partition coefficient (Wildman–Crippen LogP) is 2.97. The quantitative estimate of drug-likeness (QED) is 0.798. The molecule has 2 aromatic rings. The molecule has 1 aliphatic rings. The number of hydrogen-bond donors (Lipinski definition) is 2. The fourth-order valence-electron chi connectivity index (χ4n) is 2.84. The largest absolute Gasteiger partial charge is 0.494 e. The lowest BCUT2D eigenvalue weighted by Crippen LogP contribution is -2.33. The first-order chi connectivity index (χ1) is 12.6. The number of fused-ring (bicyclic) bond motifs is 1. The molecule has 0 saturated heterocycles. The number of ether oxygens (including phenoxy) is 2. The van der Waals surface area contributed by atoms with Crippen molar-refractivity contribution in [1.29, 1.82) is 0 Å². The Bertz CT molecular complexity index is 818. The fourth-order valence-corrected chi connectivity index (χ4v) is 2.84. The molecule has 3 rings (SSSR count). The van der Waals surface area contributed by atoms with Gasteiger partial charge in [-0.1, -0.05) is 19.1 Å². The number of rotatable bonds is 7. The summed E-state index contributed by atoms with van der Waals surface area (Å²) in [6, 6.07) is 10.8. The molecule has 0 aliphatic carbocycles. The van der Waals surface area contributed by atoms with Gasteiger partial charge in [0.2, 0.25) is 0 Å². The summed E-state index contributed by atoms with van der Waals surface area (Å²) >= 11 is 0. The van der Waals surface area contributed by atoms with Gasteiger partial charge in [-0.15, -0.1) is 0 Å². The Kier molecular flexibility index (Phi) is 5.41. The molecule has 2 N–H and O–H groups in total. The smallest absolute Gasteiger partial charge is 0.330 e. The van der Waals surface area contributed by atoms with Gasteiger partial charge in [-0.05, 0) is 47.9 Å². The van der Waals surface area contributed by atoms with Crippen molar-refractivity contribution in [2.45, 2.75) is 25.8 Å². The number of carbonyl (C=O) groups excluding carboxylic acids is 1. The van der Waals surface area contributed by atoms with E-state index in [1.807, 2.05) is 6.92 Å². The number of hydrogen-bond acceptors (Lipinski definition) is 4. The van der Waals surface area contributed by atoms with E-state index in [2.05, 4.69) is 5.32 Å². The van der Waals surface area contributed by atoms with Crippen LogP contribution in [-0.2, 0) is 11.2 Å². The van der Waals surface area contributed by atoms with E-state index in [1.54, 1.807) is 42.5 Å². The topological polar surface area (TPSA) is 84.9 Å². The van der Waals surface area contributed by atoms with Crippen LogP contribution in [0.2, 0.25) is 0 Å². The molecule has 136 valence electrons. The maximum atomic E-state index is 12.5. The lowest BCUT2D eigenvalue weighted by atomic mass is 10.0. The zero-order valence-electron chi connectivity index (χ0n) is 14.5. The van der Waals surface area contributed by atoms with Crippen molar-refractivity contribution >= 4 is 11.9 Å². The fraction of sp³-hybridized carbons (Fsp3) is 0.300. The van der Waals surface area contributed by atoms with Crippen LogP contribution in [-0.4, -0.2) is 30.2 Å². The molecule has 0 aromatic heterocycles. The number of amides is 1. The van der Waals surface area contributed by atoms with Crippen molar-refractivity contribution < 1.29 is 24.2 Å². The van der Waals surface area contributed by atoms with Crippen molar-refractivity contribution in [3.05, 3.63) is 59.2 Å². The maximum Gasteiger partial charge on any atom is 0.330 e. The van der Waals surface area contributed by atoms with Crippen LogP contribution in [0.3, 0.4) is 0 Å². The van der Waals surface area contributed by atoms with Crippen LogP contribution >= 0.6 is 0 Å². The molecule has 1 aliphatic heterocycles. The van der Waals surface area contributed by atoms with E-state index in [9.17, 15) is 14.7 Å². The van der Waals surface area contributed by atoms with Gasteiger partial charge >= 0.3 is 5.97 Å². The van der Waals surface area contributed by atoms with Gasteiger partial charge in [-0.3, -0.25) is 4.79 Å². The maximum absolute atomic E-state index is 12.5. The van der Waals surface area contributed by atoms with Gasteiger partial charge in [0.05, 0.1) is 13.2 Å². The molecule has 6 nitrogen and oxygen atoms in total. The minimum atomic E-state index is -1.13. The van der Waals surface area contributed by atoms with Crippen molar-refractivity contribution in [1.82, 2.24) is 5.32 Å². The van der Waals surface area contributed by atoms with Gasteiger partial charge in [0.25, 0.3) is 5.91 Å². The molecule has 0 saturated carbocycles. The van der Waals surface area contributed by atoms with E-state index in [1.165, 1.54) is 0 Å². The molecule has 0 spiro atoms. The average Bonchev–Trinajstić information content (AvgIpc) is 3.12. The van der Waals surface area contributed by atoms with Gasteiger partial charge in [0, 0.05) is 12.0 Å². The highest BCUT2D eigenvalue weighted by Gasteiger charge is 2.25. The van der Waals surface area contributed by atoms with Crippen molar-refractivity contribution in [2.24, 2.45) is 0 Å². The minimum Gasteiger partial charge on any atom is -0.494 e. The molecule has 1 amide bonds. The highest BCUT2D eigenvalue weighted by Crippen LogP contribution is 2.28. The number of carbonyl (C=O) groups is 2. The minimum absolute atomic E-state index is 0.356. The molecule has 6 heteroatoms. The highest BCUT2D eigenvalue weighted by molar-refractivity contribution is 5.97. The van der Waals surface area contributed by atoms with E-state index in [4.69, 9.17) is 9.47 Å². The van der Waals surface area contributed by atoms with Gasteiger partial charge in [0.15, 0.2) is 6.04 Å². The molecule has 0 radical (unpaired) electrons. The van der Waals surface area contributed by atoms with E-state index >= 15 is 0 Å². The van der Waals surface area contributed by atoms with Gasteiger partial charge in [-0.25, -0.2) is 4.79 Å². The van der Waals surface area contributed by atoms with Crippen molar-refractivity contribution in [2.75, 3.05) is 13.2 Å². The summed E-state index contributed by atoms with van der Waals surface area (Å²) in [5.41, 5.74) is 1.83. The molecular formula is C20H21NO5. The SMILES string of the molecule is CCCOc1cccc(C(=O)NC(C(=O)O)c2ccc3c(c2)CCO3)c1. The number of carboxylic acids is 1. The molecule has 1 unspecified atom stereocenters. The third-order valence-electron chi connectivity index (χ3n) is 4.14. The Hall–Kier alpha value is -3.02. The zero-order valence-corrected chi connectivity index (χ0v) is 14.5. The lowest BCUT2D eigenvalue weighted by Gasteiger charge is -2.16. The van der Waals surface area contributed by atoms with Crippen LogP contribution in [0, 0.1) is 0 Å². The number of nitrogens with one attached hydrogen (secondary N) is 1. The summed E-state index contributed by atoms with van der Waals surface area (Å²) in [7, 11) is 0. The first kappa shape index (κ1) is 17.8. The standard InChI is InChI=1S/C20H21NO5/c1-2-9-25-16-5-3-4-15(12-16)19(22)21-18(20(23)24)14-6-7-17-13(11-14)8-10-26-17/h3-7,11-12,18H,2,8-10H2,1H3,(H,21,22)(H,23,24). The average molecular weight is 355 g/mol. The van der Waals surface area contributed by atoms with Crippen molar-refractivity contribution in [3.8, 4) is 11.5 Å². The Morgan fingerprint density at radius 2 is 2.12 bits per heavy atom. The normalized spacial score (nSPS) is 13.4. The lowest BCUT2D eigenvalue weighted by molar-refractivity contribution is -0.139. The first-order valence-electron chi connectivity index (χ1n) is 8.60. The molecule has 0 fully saturated rings. The highest BCUT2D eigenvalue weighted by atomic mass is 16.5. The molecule has 1 heterocycles. The Labute approximate surface area is 151 Å². The second-order valence-electron chi connectivity index (χ2n) is 6.09. The van der Waals surface area contributed by atoms with Crippen LogP contribution in [0.4, 0.5) is 0 Å². The Morgan fingerprint density at radius 1 is 1.27 bits per heavy atom. The van der Waals surface area contributed by atoms with E-state index < -0.39 is 17.9 Å². The van der Waals surface area contributed by atoms with E-state index in [0.717, 1.165) is 24.2 Å². The molecule has 1 atom stereocenters. The van der Waals surface area contributed by atoms with Crippen molar-refractivity contribution in [3.63, 3.8) is 0 Å². The van der Waals surface area contributed by atoms with E-state index in [0.29, 0.717) is 30.1 Å². The van der Waals surface area contributed by atoms with Crippen LogP contribution in [0.25, 0.3) is 0 Å². The second kappa shape index (κ2) is 7.91. The first-order valence-corrected chi connectivity index (χ1v) is 8.60. The Morgan fingerprint density at radius 3 is 2.88 bits per heavy atom. The predicted molar refractivity (Wildman–Crippen MR) is 95.7 cm³/mol. The van der Waals surface area contributed by atoms with Crippen LogP contribution < -0.4 is 14.8 Å². The zero-order chi connectivity index (χ0) is 18.5. The summed E-state index contributed by atoms with van der Waals surface area (Å²) in [5, 5.41) is 12.2. The third kappa shape index (κ3) is 3.96. The van der Waals surface area contributed by atoms with Crippen LogP contribution in [0.1, 0.15) is 40.9 Å². The second-order valence-corrected chi connectivity index (χ2v) is 6.09. The number of aliphatic carboxylic acids is 1. The molecule has 0 bridgehead atoms. The van der Waals surface area contributed by atoms with Gasteiger partial charge in [-0.2, -0.15) is 0 Å². The summed E-state index contributed by atoms with van der Waals surface area (Å²) < 4.78 is 11.0. The van der Waals surface area contributed by atoms with Gasteiger partial charge in [0.1, 0.15) is 11.5 Å². The molecular weight excluding hydrogens is 334 g/mol. The number of carboxylic acid groups (broad SMARTS) is 1. The summed E-state index contributed by atoms with van der Waals surface area (Å²) in [6.07, 6.45) is 1.60. The van der Waals surface area contributed by atoms with E-state index in [-0.39, 0.29) is 0 Å². The number of benzene rings is 2. The third-order valence-corrected chi connectivity index (χ3v) is 4.14. The summed E-state index contributed by atoms with van der Waals surface area (Å²) in [6.45, 7) is 3.14. The van der Waals surface area contributed by atoms with Crippen LogP contribution in [0.15, 0.2) is 42.5 Å². The molecule has 2 aromatic carbocycles. The van der Waals surface area contributed by atoms with Gasteiger partial charge < -0.3 is 19.9 Å². The molecule has 26 heavy (non-hydrogen) atoms.